The minimum Gasteiger partial charge on any atom is -0.384 e. The van der Waals surface area contributed by atoms with Gasteiger partial charge in [0.05, 0.1) is 0 Å². The molecule has 88 valence electrons. The molecule has 0 bridgehead atoms. The van der Waals surface area contributed by atoms with Crippen LogP contribution in [0, 0.1) is 13.8 Å². The van der Waals surface area contributed by atoms with E-state index in [1.54, 1.807) is 12.4 Å². The normalized spacial score (nSPS) is 12.5. The van der Waals surface area contributed by atoms with Gasteiger partial charge in [-0.05, 0) is 36.6 Å². The SMILES string of the molecule is Cc1ccncc1C(O)c1cccc(C)c1Br. The molecule has 17 heavy (non-hydrogen) atoms. The molecule has 3 heteroatoms. The summed E-state index contributed by atoms with van der Waals surface area (Å²) >= 11 is 3.52. The smallest absolute Gasteiger partial charge is 0.107 e. The van der Waals surface area contributed by atoms with E-state index in [1.165, 1.54) is 0 Å². The number of benzene rings is 1. The zero-order valence-electron chi connectivity index (χ0n) is 9.81. The van der Waals surface area contributed by atoms with Crippen LogP contribution in [0.4, 0.5) is 0 Å². The Labute approximate surface area is 109 Å². The summed E-state index contributed by atoms with van der Waals surface area (Å²) in [6, 6.07) is 7.79. The second-order valence-electron chi connectivity index (χ2n) is 4.11. The number of pyridine rings is 1. The van der Waals surface area contributed by atoms with Gasteiger partial charge in [-0.25, -0.2) is 0 Å². The van der Waals surface area contributed by atoms with Crippen LogP contribution in [0.3, 0.4) is 0 Å². The Morgan fingerprint density at radius 3 is 2.59 bits per heavy atom. The largest absolute Gasteiger partial charge is 0.384 e. The molecule has 0 aliphatic rings. The molecule has 1 aromatic heterocycles. The van der Waals surface area contributed by atoms with Crippen molar-refractivity contribution in [2.75, 3.05) is 0 Å². The van der Waals surface area contributed by atoms with Crippen molar-refractivity contribution < 1.29 is 5.11 Å². The summed E-state index contributed by atoms with van der Waals surface area (Å²) in [5.41, 5.74) is 3.88. The molecule has 0 fully saturated rings. The molecule has 1 atom stereocenters. The molecule has 1 heterocycles. The standard InChI is InChI=1S/C14H14BrNO/c1-9-6-7-16-8-12(9)14(17)11-5-3-4-10(2)13(11)15/h3-8,14,17H,1-2H3. The summed E-state index contributed by atoms with van der Waals surface area (Å²) in [5, 5.41) is 10.4. The molecular weight excluding hydrogens is 278 g/mol. The van der Waals surface area contributed by atoms with Crippen LogP contribution in [0.2, 0.25) is 0 Å². The van der Waals surface area contributed by atoms with Crippen LogP contribution in [-0.2, 0) is 0 Å². The topological polar surface area (TPSA) is 33.1 Å². The minimum atomic E-state index is -0.641. The monoisotopic (exact) mass is 291 g/mol. The van der Waals surface area contributed by atoms with E-state index in [0.717, 1.165) is 26.7 Å². The lowest BCUT2D eigenvalue weighted by molar-refractivity contribution is 0.218. The summed E-state index contributed by atoms with van der Waals surface area (Å²) in [4.78, 5) is 4.07. The molecule has 1 aromatic carbocycles. The molecule has 1 unspecified atom stereocenters. The van der Waals surface area contributed by atoms with Gasteiger partial charge in [0.25, 0.3) is 0 Å². The second-order valence-corrected chi connectivity index (χ2v) is 4.91. The van der Waals surface area contributed by atoms with Gasteiger partial charge in [-0.1, -0.05) is 34.1 Å². The molecule has 2 nitrogen and oxygen atoms in total. The summed E-state index contributed by atoms with van der Waals surface area (Å²) in [6.45, 7) is 3.99. The van der Waals surface area contributed by atoms with Crippen LogP contribution < -0.4 is 0 Å². The van der Waals surface area contributed by atoms with Crippen molar-refractivity contribution in [1.82, 2.24) is 4.98 Å². The van der Waals surface area contributed by atoms with Gasteiger partial charge in [0, 0.05) is 22.4 Å². The van der Waals surface area contributed by atoms with Gasteiger partial charge in [-0.3, -0.25) is 4.98 Å². The molecule has 0 saturated heterocycles. The Morgan fingerprint density at radius 2 is 1.88 bits per heavy atom. The summed E-state index contributed by atoms with van der Waals surface area (Å²) < 4.78 is 0.954. The van der Waals surface area contributed by atoms with E-state index in [1.807, 2.05) is 38.1 Å². The highest BCUT2D eigenvalue weighted by Gasteiger charge is 2.16. The van der Waals surface area contributed by atoms with E-state index in [2.05, 4.69) is 20.9 Å². The highest BCUT2D eigenvalue weighted by atomic mass is 79.9. The van der Waals surface area contributed by atoms with Gasteiger partial charge in [0.2, 0.25) is 0 Å². The molecule has 2 rings (SSSR count). The predicted molar refractivity (Wildman–Crippen MR) is 71.9 cm³/mol. The number of nitrogens with zero attached hydrogens (tertiary/aromatic N) is 1. The Morgan fingerprint density at radius 1 is 1.12 bits per heavy atom. The fraction of sp³-hybridized carbons (Fsp3) is 0.214. The summed E-state index contributed by atoms with van der Waals surface area (Å²) in [5.74, 6) is 0. The number of aliphatic hydroxyl groups is 1. The quantitative estimate of drug-likeness (QED) is 0.918. The maximum absolute atomic E-state index is 10.4. The van der Waals surface area contributed by atoms with E-state index < -0.39 is 6.10 Å². The fourth-order valence-electron chi connectivity index (χ4n) is 1.81. The van der Waals surface area contributed by atoms with Crippen molar-refractivity contribution in [1.29, 1.82) is 0 Å². The number of hydrogen-bond acceptors (Lipinski definition) is 2. The highest BCUT2D eigenvalue weighted by molar-refractivity contribution is 9.10. The average molecular weight is 292 g/mol. The van der Waals surface area contributed by atoms with Crippen molar-refractivity contribution in [3.05, 3.63) is 63.4 Å². The van der Waals surface area contributed by atoms with E-state index in [-0.39, 0.29) is 0 Å². The van der Waals surface area contributed by atoms with Crippen molar-refractivity contribution in [2.24, 2.45) is 0 Å². The zero-order valence-corrected chi connectivity index (χ0v) is 11.4. The van der Waals surface area contributed by atoms with Gasteiger partial charge in [0.1, 0.15) is 6.10 Å². The molecule has 0 aliphatic carbocycles. The summed E-state index contributed by atoms with van der Waals surface area (Å²) in [7, 11) is 0. The van der Waals surface area contributed by atoms with Crippen LogP contribution in [0.5, 0.6) is 0 Å². The minimum absolute atomic E-state index is 0.641. The molecule has 0 saturated carbocycles. The zero-order chi connectivity index (χ0) is 12.4. The summed E-state index contributed by atoms with van der Waals surface area (Å²) in [6.07, 6.45) is 2.81. The van der Waals surface area contributed by atoms with Crippen molar-refractivity contribution >= 4 is 15.9 Å². The van der Waals surface area contributed by atoms with Crippen LogP contribution in [0.25, 0.3) is 0 Å². The first-order chi connectivity index (χ1) is 8.11. The number of aliphatic hydroxyl groups excluding tert-OH is 1. The first kappa shape index (κ1) is 12.3. The lowest BCUT2D eigenvalue weighted by atomic mass is 9.98. The Kier molecular flexibility index (Phi) is 3.60. The van der Waals surface area contributed by atoms with Crippen molar-refractivity contribution in [3.63, 3.8) is 0 Å². The molecule has 0 aliphatic heterocycles. The maximum Gasteiger partial charge on any atom is 0.107 e. The van der Waals surface area contributed by atoms with Crippen LogP contribution in [0.15, 0.2) is 41.1 Å². The first-order valence-electron chi connectivity index (χ1n) is 5.45. The van der Waals surface area contributed by atoms with Crippen LogP contribution >= 0.6 is 15.9 Å². The van der Waals surface area contributed by atoms with Gasteiger partial charge in [-0.15, -0.1) is 0 Å². The van der Waals surface area contributed by atoms with Crippen LogP contribution in [-0.4, -0.2) is 10.1 Å². The van der Waals surface area contributed by atoms with E-state index >= 15 is 0 Å². The van der Waals surface area contributed by atoms with Crippen molar-refractivity contribution in [2.45, 2.75) is 20.0 Å². The number of halogens is 1. The Balaban J connectivity index is 2.48. The average Bonchev–Trinajstić information content (AvgIpc) is 2.32. The highest BCUT2D eigenvalue weighted by Crippen LogP contribution is 2.31. The van der Waals surface area contributed by atoms with E-state index in [9.17, 15) is 5.11 Å². The van der Waals surface area contributed by atoms with Crippen LogP contribution in [0.1, 0.15) is 28.4 Å². The van der Waals surface area contributed by atoms with Gasteiger partial charge >= 0.3 is 0 Å². The molecule has 2 aromatic rings. The van der Waals surface area contributed by atoms with E-state index in [4.69, 9.17) is 0 Å². The Hall–Kier alpha value is -1.19. The fourth-order valence-corrected chi connectivity index (χ4v) is 2.29. The van der Waals surface area contributed by atoms with E-state index in [0.29, 0.717) is 0 Å². The predicted octanol–water partition coefficient (Wildman–Crippen LogP) is 3.54. The maximum atomic E-state index is 10.4. The molecule has 0 amide bonds. The lowest BCUT2D eigenvalue weighted by Gasteiger charge is -2.16. The lowest BCUT2D eigenvalue weighted by Crippen LogP contribution is -2.04. The third-order valence-corrected chi connectivity index (χ3v) is 3.97. The molecule has 1 N–H and O–H groups in total. The van der Waals surface area contributed by atoms with Gasteiger partial charge in [0.15, 0.2) is 0 Å². The third-order valence-electron chi connectivity index (χ3n) is 2.89. The Bertz CT molecular complexity index is 539. The molecule has 0 radical (unpaired) electrons. The molecule has 0 spiro atoms. The third kappa shape index (κ3) is 2.40. The number of aromatic nitrogens is 1. The van der Waals surface area contributed by atoms with Gasteiger partial charge < -0.3 is 5.11 Å². The van der Waals surface area contributed by atoms with Crippen molar-refractivity contribution in [3.8, 4) is 0 Å². The van der Waals surface area contributed by atoms with Gasteiger partial charge in [-0.2, -0.15) is 0 Å². The number of aryl methyl sites for hydroxylation is 2. The number of hydrogen-bond donors (Lipinski definition) is 1. The molecular formula is C14H14BrNO. The second kappa shape index (κ2) is 4.98. The number of rotatable bonds is 2. The first-order valence-corrected chi connectivity index (χ1v) is 6.24.